The van der Waals surface area contributed by atoms with Crippen LogP contribution in [0.4, 0.5) is 10.7 Å². The number of aromatic amines is 1. The summed E-state index contributed by atoms with van der Waals surface area (Å²) in [7, 11) is 0. The molecule has 0 aromatic carbocycles. The van der Waals surface area contributed by atoms with E-state index in [-0.39, 0.29) is 18.6 Å². The van der Waals surface area contributed by atoms with Crippen LogP contribution >= 0.6 is 23.1 Å². The van der Waals surface area contributed by atoms with Gasteiger partial charge in [0.2, 0.25) is 11.1 Å². The molecule has 3 heterocycles. The first-order valence-electron chi connectivity index (χ1n) is 7.40. The van der Waals surface area contributed by atoms with Crippen molar-refractivity contribution < 1.29 is 14.3 Å². The number of esters is 1. The van der Waals surface area contributed by atoms with Gasteiger partial charge in [0.15, 0.2) is 0 Å². The Morgan fingerprint density at radius 1 is 1.56 bits per heavy atom. The zero-order valence-electron chi connectivity index (χ0n) is 13.2. The quantitative estimate of drug-likeness (QED) is 0.457. The maximum absolute atomic E-state index is 12.5. The van der Waals surface area contributed by atoms with Gasteiger partial charge in [-0.25, -0.2) is 9.89 Å². The van der Waals surface area contributed by atoms with Gasteiger partial charge in [0.25, 0.3) is 0 Å². The molecule has 2 aromatic rings. The van der Waals surface area contributed by atoms with Gasteiger partial charge in [-0.05, 0) is 23.8 Å². The number of rotatable bonds is 5. The second-order valence-electron chi connectivity index (χ2n) is 5.02. The normalized spacial score (nSPS) is 21.6. The molecule has 1 saturated heterocycles. The summed E-state index contributed by atoms with van der Waals surface area (Å²) in [4.78, 5) is 29.4. The molecule has 25 heavy (non-hydrogen) atoms. The summed E-state index contributed by atoms with van der Waals surface area (Å²) >= 11 is 2.61. The van der Waals surface area contributed by atoms with Crippen LogP contribution in [0.15, 0.2) is 33.8 Å². The number of aromatic nitrogens is 3. The molecule has 1 aliphatic heterocycles. The van der Waals surface area contributed by atoms with Gasteiger partial charge in [-0.15, -0.1) is 16.4 Å². The first-order chi connectivity index (χ1) is 12.1. The highest BCUT2D eigenvalue weighted by Gasteiger charge is 2.40. The van der Waals surface area contributed by atoms with Crippen LogP contribution in [0.3, 0.4) is 0 Å². The summed E-state index contributed by atoms with van der Waals surface area (Å²) in [5, 5.41) is 15.8. The van der Waals surface area contributed by atoms with Crippen LogP contribution in [0.1, 0.15) is 17.8 Å². The number of ether oxygens (including phenoxy) is 1. The van der Waals surface area contributed by atoms with Crippen LogP contribution < -0.4 is 16.4 Å². The zero-order valence-corrected chi connectivity index (χ0v) is 14.8. The van der Waals surface area contributed by atoms with E-state index in [2.05, 4.69) is 25.8 Å². The van der Waals surface area contributed by atoms with Crippen molar-refractivity contribution in [3.05, 3.63) is 33.5 Å². The van der Waals surface area contributed by atoms with Crippen LogP contribution in [0, 0.1) is 5.92 Å². The molecule has 2 amide bonds. The van der Waals surface area contributed by atoms with Gasteiger partial charge in [0, 0.05) is 10.6 Å². The van der Waals surface area contributed by atoms with E-state index in [0.29, 0.717) is 10.9 Å². The van der Waals surface area contributed by atoms with Crippen LogP contribution in [0.25, 0.3) is 0 Å². The Labute approximate surface area is 151 Å². The first-order valence-corrected chi connectivity index (χ1v) is 9.16. The van der Waals surface area contributed by atoms with Crippen molar-refractivity contribution in [2.45, 2.75) is 18.1 Å². The molecule has 5 N–H and O–H groups in total. The third kappa shape index (κ3) is 3.94. The Morgan fingerprint density at radius 2 is 2.40 bits per heavy atom. The number of hydrogen-bond donors (Lipinski definition) is 4. The number of thiophene rings is 1. The molecule has 1 aliphatic rings. The molecule has 0 radical (unpaired) electrons. The molecular formula is C14H16N6O3S2. The molecule has 0 unspecified atom stereocenters. The van der Waals surface area contributed by atoms with Crippen molar-refractivity contribution in [2.75, 3.05) is 12.3 Å². The standard InChI is InChI=1S/C14H16N6O3S2/c1-2-23-11(21)9-7(6-25-14-18-12(15)19-20-14)16-13(22)17-10(9)8-4-3-5-24-8/h3-6,9-10H,2H2,1H3,(H2,16,17,22)(H3,15,18,19,20)/b7-6+/t9-,10+/m0/s1. The lowest BCUT2D eigenvalue weighted by Crippen LogP contribution is -2.51. The van der Waals surface area contributed by atoms with E-state index in [0.717, 1.165) is 16.6 Å². The third-order valence-electron chi connectivity index (χ3n) is 3.38. The molecule has 1 fully saturated rings. The highest BCUT2D eigenvalue weighted by atomic mass is 32.2. The van der Waals surface area contributed by atoms with Crippen molar-refractivity contribution in [3.8, 4) is 0 Å². The van der Waals surface area contributed by atoms with E-state index in [4.69, 9.17) is 10.5 Å². The minimum atomic E-state index is -0.694. The number of hydrogen-bond acceptors (Lipinski definition) is 8. The van der Waals surface area contributed by atoms with Gasteiger partial charge in [0.05, 0.1) is 12.6 Å². The molecule has 0 aliphatic carbocycles. The lowest BCUT2D eigenvalue weighted by Gasteiger charge is -2.32. The molecular weight excluding hydrogens is 364 g/mol. The second-order valence-corrected chi connectivity index (χ2v) is 6.83. The van der Waals surface area contributed by atoms with Crippen LogP contribution in [-0.2, 0) is 9.53 Å². The number of nitrogens with zero attached hydrogens (tertiary/aromatic N) is 2. The van der Waals surface area contributed by atoms with Gasteiger partial charge in [-0.2, -0.15) is 4.98 Å². The van der Waals surface area contributed by atoms with E-state index >= 15 is 0 Å². The van der Waals surface area contributed by atoms with Crippen LogP contribution in [0.5, 0.6) is 0 Å². The lowest BCUT2D eigenvalue weighted by molar-refractivity contribution is -0.147. The Kier molecular flexibility index (Phi) is 5.24. The number of nitrogens with one attached hydrogen (secondary N) is 3. The Bertz CT molecular complexity index is 788. The average molecular weight is 380 g/mol. The molecule has 0 spiro atoms. The summed E-state index contributed by atoms with van der Waals surface area (Å²) in [5.74, 6) is -0.927. The Hall–Kier alpha value is -2.53. The largest absolute Gasteiger partial charge is 0.465 e. The zero-order chi connectivity index (χ0) is 17.8. The maximum Gasteiger partial charge on any atom is 0.319 e. The second kappa shape index (κ2) is 7.57. The van der Waals surface area contributed by atoms with E-state index in [9.17, 15) is 9.59 Å². The molecule has 2 aromatic heterocycles. The summed E-state index contributed by atoms with van der Waals surface area (Å²) in [6.07, 6.45) is 0. The van der Waals surface area contributed by atoms with Gasteiger partial charge in [0.1, 0.15) is 5.92 Å². The summed E-state index contributed by atoms with van der Waals surface area (Å²) < 4.78 is 5.20. The third-order valence-corrected chi connectivity index (χ3v) is 5.10. The highest BCUT2D eigenvalue weighted by molar-refractivity contribution is 8.02. The number of nitrogens with two attached hydrogens (primary N) is 1. The minimum Gasteiger partial charge on any atom is -0.465 e. The SMILES string of the molecule is CCOC(=O)[C@H]1/C(=C\Sc2n[nH]c(N)n2)NC(=O)N[C@@H]1c1cccs1. The summed E-state index contributed by atoms with van der Waals surface area (Å²) in [5.41, 5.74) is 5.92. The summed E-state index contributed by atoms with van der Waals surface area (Å²) in [6.45, 7) is 1.99. The Balaban J connectivity index is 1.91. The van der Waals surface area contributed by atoms with Crippen molar-refractivity contribution >= 4 is 41.0 Å². The number of H-pyrrole nitrogens is 1. The first kappa shape index (κ1) is 17.3. The van der Waals surface area contributed by atoms with Gasteiger partial charge in [-0.3, -0.25) is 4.79 Å². The fourth-order valence-corrected chi connectivity index (χ4v) is 3.88. The molecule has 9 nitrogen and oxygen atoms in total. The average Bonchev–Trinajstić information content (AvgIpc) is 3.24. The Morgan fingerprint density at radius 3 is 3.04 bits per heavy atom. The van der Waals surface area contributed by atoms with E-state index in [1.165, 1.54) is 11.3 Å². The van der Waals surface area contributed by atoms with Crippen LogP contribution in [-0.4, -0.2) is 33.8 Å². The van der Waals surface area contributed by atoms with Gasteiger partial charge in [-0.1, -0.05) is 17.8 Å². The number of carbonyl (C=O) groups excluding carboxylic acids is 2. The molecule has 0 saturated carbocycles. The topological polar surface area (TPSA) is 135 Å². The van der Waals surface area contributed by atoms with Gasteiger partial charge < -0.3 is 21.1 Å². The number of nitrogen functional groups attached to an aromatic ring is 1. The van der Waals surface area contributed by atoms with E-state index in [1.807, 2.05) is 17.5 Å². The van der Waals surface area contributed by atoms with E-state index in [1.54, 1.807) is 12.3 Å². The molecule has 2 atom stereocenters. The van der Waals surface area contributed by atoms with Crippen molar-refractivity contribution in [3.63, 3.8) is 0 Å². The van der Waals surface area contributed by atoms with E-state index < -0.39 is 17.9 Å². The number of urea groups is 1. The molecule has 3 rings (SSSR count). The smallest absolute Gasteiger partial charge is 0.319 e. The number of thioether (sulfide) groups is 1. The molecule has 132 valence electrons. The monoisotopic (exact) mass is 380 g/mol. The fourth-order valence-electron chi connectivity index (χ4n) is 2.38. The molecule has 0 bridgehead atoms. The minimum absolute atomic E-state index is 0.189. The van der Waals surface area contributed by atoms with Gasteiger partial charge >= 0.3 is 12.0 Å². The molecule has 11 heteroatoms. The maximum atomic E-state index is 12.5. The van der Waals surface area contributed by atoms with Crippen LogP contribution in [0.2, 0.25) is 0 Å². The lowest BCUT2D eigenvalue weighted by atomic mass is 9.93. The fraction of sp³-hybridized carbons (Fsp3) is 0.286. The number of anilines is 1. The predicted octanol–water partition coefficient (Wildman–Crippen LogP) is 1.62. The number of amides is 2. The van der Waals surface area contributed by atoms with Crippen molar-refractivity contribution in [1.82, 2.24) is 25.8 Å². The predicted molar refractivity (Wildman–Crippen MR) is 93.6 cm³/mol. The van der Waals surface area contributed by atoms with Crippen molar-refractivity contribution in [2.24, 2.45) is 5.92 Å². The highest BCUT2D eigenvalue weighted by Crippen LogP contribution is 2.35. The number of carbonyl (C=O) groups is 2. The van der Waals surface area contributed by atoms with Crippen molar-refractivity contribution in [1.29, 1.82) is 0 Å². The summed E-state index contributed by atoms with van der Waals surface area (Å²) in [6, 6.07) is 2.84.